The van der Waals surface area contributed by atoms with Crippen molar-refractivity contribution < 1.29 is 18.7 Å². The molecule has 0 saturated heterocycles. The Hall–Kier alpha value is -3.97. The maximum absolute atomic E-state index is 14.3. The lowest BCUT2D eigenvalue weighted by atomic mass is 10.0. The topological polar surface area (TPSA) is 58.6 Å². The molecule has 0 aliphatic rings. The van der Waals surface area contributed by atoms with Gasteiger partial charge in [0.05, 0.1) is 13.5 Å². The fraction of sp³-hybridized carbons (Fsp3) is 0.143. The summed E-state index contributed by atoms with van der Waals surface area (Å²) in [7, 11) is 1.56. The van der Waals surface area contributed by atoms with E-state index in [0.29, 0.717) is 23.5 Å². The second-order valence-electron chi connectivity index (χ2n) is 7.88. The van der Waals surface area contributed by atoms with Crippen molar-refractivity contribution in [1.82, 2.24) is 5.32 Å². The maximum Gasteiger partial charge on any atom is 0.248 e. The number of carbonyl (C=O) groups is 2. The molecule has 3 aromatic carbocycles. The summed E-state index contributed by atoms with van der Waals surface area (Å²) in [6.07, 6.45) is 0.0901. The number of nitrogens with zero attached hydrogens (tertiary/aromatic N) is 1. The number of hydrogen-bond acceptors (Lipinski definition) is 4. The molecule has 178 valence electrons. The highest BCUT2D eigenvalue weighted by Gasteiger charge is 2.33. The molecule has 0 radical (unpaired) electrons. The smallest absolute Gasteiger partial charge is 0.248 e. The van der Waals surface area contributed by atoms with Gasteiger partial charge in [-0.1, -0.05) is 54.6 Å². The number of thiophene rings is 1. The molecule has 1 N–H and O–H groups in total. The van der Waals surface area contributed by atoms with Crippen molar-refractivity contribution in [3.8, 4) is 5.75 Å². The van der Waals surface area contributed by atoms with Crippen LogP contribution in [0.3, 0.4) is 0 Å². The molecule has 35 heavy (non-hydrogen) atoms. The van der Waals surface area contributed by atoms with Crippen LogP contribution in [0.5, 0.6) is 5.75 Å². The minimum Gasteiger partial charge on any atom is -0.497 e. The lowest BCUT2D eigenvalue weighted by Crippen LogP contribution is -2.44. The molecule has 0 spiro atoms. The third-order valence-electron chi connectivity index (χ3n) is 5.51. The Morgan fingerprint density at radius 2 is 1.74 bits per heavy atom. The average molecular weight is 489 g/mol. The third kappa shape index (κ3) is 6.13. The fourth-order valence-electron chi connectivity index (χ4n) is 3.80. The fourth-order valence-corrected chi connectivity index (χ4v) is 4.49. The SMILES string of the molecule is COc1ccc(C(C(=O)NCc2ccccc2)N(C(=O)Cc2cccs2)c2cccc(F)c2)cc1. The van der Waals surface area contributed by atoms with Crippen LogP contribution >= 0.6 is 11.3 Å². The zero-order chi connectivity index (χ0) is 24.6. The number of hydrogen-bond donors (Lipinski definition) is 1. The van der Waals surface area contributed by atoms with E-state index >= 15 is 0 Å². The van der Waals surface area contributed by atoms with E-state index in [1.54, 1.807) is 37.4 Å². The summed E-state index contributed by atoms with van der Waals surface area (Å²) >= 11 is 1.46. The second-order valence-corrected chi connectivity index (χ2v) is 8.91. The van der Waals surface area contributed by atoms with E-state index in [9.17, 15) is 14.0 Å². The van der Waals surface area contributed by atoms with Crippen molar-refractivity contribution in [2.75, 3.05) is 12.0 Å². The lowest BCUT2D eigenvalue weighted by molar-refractivity contribution is -0.126. The molecule has 1 heterocycles. The van der Waals surface area contributed by atoms with Crippen molar-refractivity contribution >= 4 is 28.8 Å². The number of benzene rings is 3. The molecule has 1 unspecified atom stereocenters. The van der Waals surface area contributed by atoms with Crippen molar-refractivity contribution in [1.29, 1.82) is 0 Å². The highest BCUT2D eigenvalue weighted by atomic mass is 32.1. The molecule has 0 fully saturated rings. The molecule has 0 saturated carbocycles. The minimum atomic E-state index is -1.01. The molecule has 4 aromatic rings. The highest BCUT2D eigenvalue weighted by Crippen LogP contribution is 2.31. The van der Waals surface area contributed by atoms with E-state index < -0.39 is 11.9 Å². The Morgan fingerprint density at radius 1 is 0.971 bits per heavy atom. The van der Waals surface area contributed by atoms with Gasteiger partial charge < -0.3 is 10.1 Å². The number of anilines is 1. The van der Waals surface area contributed by atoms with Gasteiger partial charge in [0.25, 0.3) is 0 Å². The van der Waals surface area contributed by atoms with Gasteiger partial charge in [-0.2, -0.15) is 0 Å². The van der Waals surface area contributed by atoms with Crippen LogP contribution in [-0.2, 0) is 22.6 Å². The summed E-state index contributed by atoms with van der Waals surface area (Å²) in [6.45, 7) is 0.294. The molecule has 1 aromatic heterocycles. The molecule has 1 atom stereocenters. The summed E-state index contributed by atoms with van der Waals surface area (Å²) in [6, 6.07) is 24.9. The molecular formula is C28H25FN2O3S. The predicted octanol–water partition coefficient (Wildman–Crippen LogP) is 5.53. The zero-order valence-electron chi connectivity index (χ0n) is 19.2. The van der Waals surface area contributed by atoms with Gasteiger partial charge in [-0.25, -0.2) is 4.39 Å². The van der Waals surface area contributed by atoms with Crippen LogP contribution in [0.2, 0.25) is 0 Å². The normalized spacial score (nSPS) is 11.5. The summed E-state index contributed by atoms with van der Waals surface area (Å²) < 4.78 is 19.5. The first-order valence-corrected chi connectivity index (χ1v) is 12.0. The van der Waals surface area contributed by atoms with Gasteiger partial charge in [0.2, 0.25) is 11.8 Å². The van der Waals surface area contributed by atoms with Gasteiger partial charge in [-0.05, 0) is 52.9 Å². The largest absolute Gasteiger partial charge is 0.497 e. The van der Waals surface area contributed by atoms with Crippen molar-refractivity contribution in [3.05, 3.63) is 118 Å². The van der Waals surface area contributed by atoms with E-state index in [0.717, 1.165) is 10.4 Å². The van der Waals surface area contributed by atoms with Gasteiger partial charge in [0.15, 0.2) is 0 Å². The number of rotatable bonds is 9. The monoisotopic (exact) mass is 488 g/mol. The van der Waals surface area contributed by atoms with Gasteiger partial charge in [0, 0.05) is 17.1 Å². The Bertz CT molecular complexity index is 1260. The van der Waals surface area contributed by atoms with Crippen LogP contribution in [0.1, 0.15) is 22.0 Å². The molecular weight excluding hydrogens is 463 g/mol. The minimum absolute atomic E-state index is 0.0901. The van der Waals surface area contributed by atoms with Crippen molar-refractivity contribution in [2.24, 2.45) is 0 Å². The van der Waals surface area contributed by atoms with Crippen LogP contribution in [0.15, 0.2) is 96.4 Å². The van der Waals surface area contributed by atoms with Gasteiger partial charge in [0.1, 0.15) is 17.6 Å². The van der Waals surface area contributed by atoms with Crippen LogP contribution in [-0.4, -0.2) is 18.9 Å². The average Bonchev–Trinajstić information content (AvgIpc) is 3.39. The maximum atomic E-state index is 14.3. The predicted molar refractivity (Wildman–Crippen MR) is 136 cm³/mol. The summed E-state index contributed by atoms with van der Waals surface area (Å²) in [5.74, 6) is -0.550. The molecule has 7 heteroatoms. The van der Waals surface area contributed by atoms with Crippen molar-refractivity contribution in [3.63, 3.8) is 0 Å². The number of ether oxygens (including phenoxy) is 1. The third-order valence-corrected chi connectivity index (χ3v) is 6.38. The standard InChI is InChI=1S/C28H25FN2O3S/c1-34-24-14-12-21(13-15-24)27(28(33)30-19-20-7-3-2-4-8-20)31(23-10-5-9-22(29)17-23)26(32)18-25-11-6-16-35-25/h2-17,27H,18-19H2,1H3,(H,30,33). The van der Waals surface area contributed by atoms with Gasteiger partial charge >= 0.3 is 0 Å². The van der Waals surface area contributed by atoms with E-state index in [-0.39, 0.29) is 18.2 Å². The van der Waals surface area contributed by atoms with Gasteiger partial charge in [-0.3, -0.25) is 14.5 Å². The number of carbonyl (C=O) groups excluding carboxylic acids is 2. The number of amides is 2. The molecule has 2 amide bonds. The number of halogens is 1. The lowest BCUT2D eigenvalue weighted by Gasteiger charge is -2.31. The number of nitrogens with one attached hydrogen (secondary N) is 1. The van der Waals surface area contributed by atoms with E-state index in [1.165, 1.54) is 34.4 Å². The summed E-state index contributed by atoms with van der Waals surface area (Å²) in [5.41, 5.74) is 1.82. The van der Waals surface area contributed by atoms with E-state index in [1.807, 2.05) is 47.8 Å². The zero-order valence-corrected chi connectivity index (χ0v) is 20.0. The second kappa shape index (κ2) is 11.4. The van der Waals surface area contributed by atoms with Crippen LogP contribution in [0, 0.1) is 5.82 Å². The Labute approximate surface area is 207 Å². The number of methoxy groups -OCH3 is 1. The highest BCUT2D eigenvalue weighted by molar-refractivity contribution is 7.10. The summed E-state index contributed by atoms with van der Waals surface area (Å²) in [4.78, 5) is 29.5. The first-order valence-electron chi connectivity index (χ1n) is 11.1. The Morgan fingerprint density at radius 3 is 2.40 bits per heavy atom. The molecule has 0 aliphatic carbocycles. The quantitative estimate of drug-likeness (QED) is 0.337. The van der Waals surface area contributed by atoms with Crippen LogP contribution < -0.4 is 15.0 Å². The first-order chi connectivity index (χ1) is 17.0. The Balaban J connectivity index is 1.74. The first kappa shape index (κ1) is 24.2. The van der Waals surface area contributed by atoms with Crippen molar-refractivity contribution in [2.45, 2.75) is 19.0 Å². The Kier molecular flexibility index (Phi) is 7.90. The van der Waals surface area contributed by atoms with Crippen LogP contribution in [0.25, 0.3) is 0 Å². The summed E-state index contributed by atoms with van der Waals surface area (Å²) in [5, 5.41) is 4.84. The molecule has 5 nitrogen and oxygen atoms in total. The molecule has 4 rings (SSSR count). The van der Waals surface area contributed by atoms with Crippen LogP contribution in [0.4, 0.5) is 10.1 Å². The van der Waals surface area contributed by atoms with E-state index in [2.05, 4.69) is 5.32 Å². The molecule has 0 bridgehead atoms. The van der Waals surface area contributed by atoms with E-state index in [4.69, 9.17) is 4.74 Å². The van der Waals surface area contributed by atoms with Gasteiger partial charge in [-0.15, -0.1) is 11.3 Å². The molecule has 0 aliphatic heterocycles.